The van der Waals surface area contributed by atoms with Crippen LogP contribution in [-0.2, 0) is 11.2 Å². The molecule has 0 spiro atoms. The van der Waals surface area contributed by atoms with Crippen molar-refractivity contribution in [1.82, 2.24) is 20.6 Å². The van der Waals surface area contributed by atoms with Crippen molar-refractivity contribution in [1.29, 1.82) is 0 Å². The molecule has 0 saturated carbocycles. The molecule has 0 saturated heterocycles. The highest BCUT2D eigenvalue weighted by molar-refractivity contribution is 5.95. The number of ether oxygens (including phenoxy) is 1. The first kappa shape index (κ1) is 16.6. The first-order valence-corrected chi connectivity index (χ1v) is 7.59. The summed E-state index contributed by atoms with van der Waals surface area (Å²) >= 11 is 0. The Balaban J connectivity index is 1.82. The number of H-pyrrole nitrogens is 1. The van der Waals surface area contributed by atoms with E-state index in [9.17, 15) is 9.18 Å². The molecule has 7 nitrogen and oxygen atoms in total. The van der Waals surface area contributed by atoms with Crippen molar-refractivity contribution >= 4 is 11.6 Å². The zero-order valence-electron chi connectivity index (χ0n) is 13.4. The Bertz CT molecular complexity index is 837. The lowest BCUT2D eigenvalue weighted by molar-refractivity contribution is -0.117. The first-order chi connectivity index (χ1) is 12.2. The van der Waals surface area contributed by atoms with Crippen LogP contribution in [0.15, 0.2) is 48.5 Å². The molecule has 1 unspecified atom stereocenters. The van der Waals surface area contributed by atoms with E-state index in [2.05, 4.69) is 25.9 Å². The summed E-state index contributed by atoms with van der Waals surface area (Å²) in [4.78, 5) is 12.7. The number of nitrogens with zero attached hydrogens (tertiary/aromatic N) is 3. The van der Waals surface area contributed by atoms with Gasteiger partial charge in [-0.25, -0.2) is 4.39 Å². The van der Waals surface area contributed by atoms with Gasteiger partial charge in [0.05, 0.1) is 12.8 Å². The van der Waals surface area contributed by atoms with Gasteiger partial charge in [0, 0.05) is 0 Å². The van der Waals surface area contributed by atoms with Gasteiger partial charge in [-0.05, 0) is 36.2 Å². The van der Waals surface area contributed by atoms with Gasteiger partial charge >= 0.3 is 0 Å². The summed E-state index contributed by atoms with van der Waals surface area (Å²) in [5, 5.41) is 16.2. The summed E-state index contributed by atoms with van der Waals surface area (Å²) in [6, 6.07) is 13.3. The SMILES string of the molecule is COc1ccc(CC(C(=O)Nc2ccccc2F)c2nn[nH]n2)cc1. The first-order valence-electron chi connectivity index (χ1n) is 7.59. The van der Waals surface area contributed by atoms with Gasteiger partial charge in [0.25, 0.3) is 0 Å². The average Bonchev–Trinajstić information content (AvgIpc) is 3.16. The van der Waals surface area contributed by atoms with E-state index in [-0.39, 0.29) is 11.5 Å². The summed E-state index contributed by atoms with van der Waals surface area (Å²) < 4.78 is 18.9. The molecule has 0 aliphatic carbocycles. The molecule has 1 atom stereocenters. The van der Waals surface area contributed by atoms with Gasteiger partial charge in [0.15, 0.2) is 5.82 Å². The Kier molecular flexibility index (Phi) is 4.98. The minimum absolute atomic E-state index is 0.107. The maximum absolute atomic E-state index is 13.8. The number of anilines is 1. The van der Waals surface area contributed by atoms with Crippen LogP contribution in [0.1, 0.15) is 17.3 Å². The normalized spacial score (nSPS) is 11.8. The van der Waals surface area contributed by atoms with Crippen molar-refractivity contribution in [2.75, 3.05) is 12.4 Å². The maximum Gasteiger partial charge on any atom is 0.235 e. The molecule has 2 N–H and O–H groups in total. The zero-order chi connectivity index (χ0) is 17.6. The molecule has 3 rings (SSSR count). The fourth-order valence-electron chi connectivity index (χ4n) is 2.40. The molecule has 0 radical (unpaired) electrons. The van der Waals surface area contributed by atoms with E-state index in [0.717, 1.165) is 11.3 Å². The topological polar surface area (TPSA) is 92.8 Å². The van der Waals surface area contributed by atoms with Gasteiger partial charge in [-0.1, -0.05) is 29.5 Å². The largest absolute Gasteiger partial charge is 0.497 e. The second kappa shape index (κ2) is 7.52. The molecular weight excluding hydrogens is 325 g/mol. The van der Waals surface area contributed by atoms with Crippen LogP contribution in [0.4, 0.5) is 10.1 Å². The minimum atomic E-state index is -0.716. The molecule has 3 aromatic rings. The molecule has 0 aliphatic heterocycles. The Hall–Kier alpha value is -3.29. The van der Waals surface area contributed by atoms with Crippen LogP contribution in [0, 0.1) is 5.82 Å². The molecular formula is C17H16FN5O2. The molecule has 1 heterocycles. The standard InChI is InChI=1S/C17H16FN5O2/c1-25-12-8-6-11(7-9-12)10-13(16-20-22-23-21-16)17(24)19-15-5-3-2-4-14(15)18/h2-9,13H,10H2,1H3,(H,19,24)(H,20,21,22,23). The fourth-order valence-corrected chi connectivity index (χ4v) is 2.40. The predicted molar refractivity (Wildman–Crippen MR) is 88.6 cm³/mol. The van der Waals surface area contributed by atoms with Crippen molar-refractivity contribution in [2.45, 2.75) is 12.3 Å². The number of hydrogen-bond donors (Lipinski definition) is 2. The number of benzene rings is 2. The molecule has 1 amide bonds. The molecule has 0 bridgehead atoms. The number of hydrogen-bond acceptors (Lipinski definition) is 5. The zero-order valence-corrected chi connectivity index (χ0v) is 13.4. The maximum atomic E-state index is 13.8. The number of para-hydroxylation sites is 1. The van der Waals surface area contributed by atoms with Gasteiger partial charge < -0.3 is 10.1 Å². The summed E-state index contributed by atoms with van der Waals surface area (Å²) in [7, 11) is 1.58. The molecule has 25 heavy (non-hydrogen) atoms. The number of carbonyl (C=O) groups is 1. The van der Waals surface area contributed by atoms with Gasteiger partial charge in [0.1, 0.15) is 17.5 Å². The Morgan fingerprint density at radius 3 is 2.64 bits per heavy atom. The predicted octanol–water partition coefficient (Wildman–Crippen LogP) is 2.31. The van der Waals surface area contributed by atoms with Crippen molar-refractivity contribution in [3.8, 4) is 5.75 Å². The van der Waals surface area contributed by atoms with E-state index in [0.29, 0.717) is 6.42 Å². The van der Waals surface area contributed by atoms with Gasteiger partial charge in [-0.15, -0.1) is 10.2 Å². The number of carbonyl (C=O) groups excluding carboxylic acids is 1. The van der Waals surface area contributed by atoms with Crippen molar-refractivity contribution < 1.29 is 13.9 Å². The van der Waals surface area contributed by atoms with E-state index >= 15 is 0 Å². The van der Waals surface area contributed by atoms with E-state index in [4.69, 9.17) is 4.74 Å². The molecule has 128 valence electrons. The van der Waals surface area contributed by atoms with Crippen molar-refractivity contribution in [3.05, 3.63) is 65.7 Å². The van der Waals surface area contributed by atoms with Crippen LogP contribution in [0.3, 0.4) is 0 Å². The number of rotatable bonds is 6. The molecule has 2 aromatic carbocycles. The summed E-state index contributed by atoms with van der Waals surface area (Å²) in [6.07, 6.45) is 0.337. The highest BCUT2D eigenvalue weighted by Crippen LogP contribution is 2.22. The van der Waals surface area contributed by atoms with Crippen LogP contribution in [0.5, 0.6) is 5.75 Å². The van der Waals surface area contributed by atoms with E-state index in [1.165, 1.54) is 12.1 Å². The third-order valence-electron chi connectivity index (χ3n) is 3.72. The summed E-state index contributed by atoms with van der Waals surface area (Å²) in [6.45, 7) is 0. The number of halogens is 1. The number of amides is 1. The monoisotopic (exact) mass is 341 g/mol. The Morgan fingerprint density at radius 2 is 2.00 bits per heavy atom. The van der Waals surface area contributed by atoms with Crippen LogP contribution in [0.2, 0.25) is 0 Å². The number of tetrazole rings is 1. The third kappa shape index (κ3) is 3.97. The third-order valence-corrected chi connectivity index (χ3v) is 3.72. The molecule has 1 aromatic heterocycles. The highest BCUT2D eigenvalue weighted by atomic mass is 19.1. The molecule has 8 heteroatoms. The van der Waals surface area contributed by atoms with Crippen LogP contribution in [0.25, 0.3) is 0 Å². The Morgan fingerprint density at radius 1 is 1.24 bits per heavy atom. The second-order valence-electron chi connectivity index (χ2n) is 5.34. The highest BCUT2D eigenvalue weighted by Gasteiger charge is 2.26. The second-order valence-corrected chi connectivity index (χ2v) is 5.34. The van der Waals surface area contributed by atoms with Gasteiger partial charge in [0.2, 0.25) is 5.91 Å². The van der Waals surface area contributed by atoms with E-state index in [1.807, 2.05) is 12.1 Å². The lowest BCUT2D eigenvalue weighted by atomic mass is 9.97. The summed E-state index contributed by atoms with van der Waals surface area (Å²) in [5.74, 6) is -0.679. The van der Waals surface area contributed by atoms with Crippen molar-refractivity contribution in [2.24, 2.45) is 0 Å². The number of aromatic nitrogens is 4. The summed E-state index contributed by atoms with van der Waals surface area (Å²) in [5.41, 5.74) is 0.995. The van der Waals surface area contributed by atoms with Crippen molar-refractivity contribution in [3.63, 3.8) is 0 Å². The number of methoxy groups -OCH3 is 1. The smallest absolute Gasteiger partial charge is 0.235 e. The molecule has 0 fully saturated rings. The number of aromatic amines is 1. The fraction of sp³-hybridized carbons (Fsp3) is 0.176. The van der Waals surface area contributed by atoms with Crippen LogP contribution < -0.4 is 10.1 Å². The number of nitrogens with one attached hydrogen (secondary N) is 2. The van der Waals surface area contributed by atoms with Gasteiger partial charge in [-0.3, -0.25) is 4.79 Å². The minimum Gasteiger partial charge on any atom is -0.497 e. The average molecular weight is 341 g/mol. The van der Waals surface area contributed by atoms with Crippen LogP contribution in [-0.4, -0.2) is 33.6 Å². The Labute approximate surface area is 143 Å². The quantitative estimate of drug-likeness (QED) is 0.718. The van der Waals surface area contributed by atoms with E-state index < -0.39 is 17.6 Å². The molecule has 0 aliphatic rings. The van der Waals surface area contributed by atoms with Gasteiger partial charge in [-0.2, -0.15) is 5.21 Å². The lowest BCUT2D eigenvalue weighted by Gasteiger charge is -2.14. The van der Waals surface area contributed by atoms with E-state index in [1.54, 1.807) is 31.4 Å². The lowest BCUT2D eigenvalue weighted by Crippen LogP contribution is -2.24. The van der Waals surface area contributed by atoms with Crippen LogP contribution >= 0.6 is 0 Å².